The van der Waals surface area contributed by atoms with Crippen molar-refractivity contribution in [2.75, 3.05) is 0 Å². The number of carbonyl (C=O) groups is 1. The highest BCUT2D eigenvalue weighted by molar-refractivity contribution is 9.10. The fraction of sp³-hybridized carbons (Fsp3) is 0.417. The Hall–Kier alpha value is -1.03. The summed E-state index contributed by atoms with van der Waals surface area (Å²) in [6.07, 6.45) is 0. The fourth-order valence-corrected chi connectivity index (χ4v) is 1.61. The largest absolute Gasteiger partial charge is 0.478 e. The molecule has 1 aromatic rings. The molecule has 0 bridgehead atoms. The molecule has 0 radical (unpaired) electrons. The number of benzene rings is 1. The number of hydrogen-bond acceptors (Lipinski definition) is 2. The van der Waals surface area contributed by atoms with E-state index in [4.69, 9.17) is 9.84 Å². The highest BCUT2D eigenvalue weighted by Crippen LogP contribution is 2.32. The molecule has 3 nitrogen and oxygen atoms in total. The van der Waals surface area contributed by atoms with E-state index in [2.05, 4.69) is 15.9 Å². The first-order chi connectivity index (χ1) is 7.24. The molecule has 0 aliphatic heterocycles. The number of aliphatic carboxylic acids is 1. The molecule has 0 aliphatic rings. The van der Waals surface area contributed by atoms with Crippen molar-refractivity contribution in [2.24, 2.45) is 0 Å². The molecule has 0 saturated heterocycles. The average molecular weight is 287 g/mol. The Morgan fingerprint density at radius 2 is 1.94 bits per heavy atom. The molecule has 0 aliphatic carbocycles. The number of hydrogen-bond donors (Lipinski definition) is 1. The van der Waals surface area contributed by atoms with Gasteiger partial charge in [0.25, 0.3) is 0 Å². The number of carboxylic acids is 1. The highest BCUT2D eigenvalue weighted by Gasteiger charge is 2.30. The fourth-order valence-electron chi connectivity index (χ4n) is 1.30. The Kier molecular flexibility index (Phi) is 3.63. The molecule has 0 amide bonds. The molecule has 88 valence electrons. The summed E-state index contributed by atoms with van der Waals surface area (Å²) in [4.78, 5) is 11.0. The Labute approximate surface area is 104 Å². The zero-order chi connectivity index (χ0) is 12.5. The predicted molar refractivity (Wildman–Crippen MR) is 66.0 cm³/mol. The van der Waals surface area contributed by atoms with Gasteiger partial charge in [-0.2, -0.15) is 0 Å². The number of aryl methyl sites for hydroxylation is 2. The van der Waals surface area contributed by atoms with E-state index in [0.717, 1.165) is 15.6 Å². The van der Waals surface area contributed by atoms with Crippen LogP contribution in [0.3, 0.4) is 0 Å². The van der Waals surface area contributed by atoms with Crippen molar-refractivity contribution < 1.29 is 14.6 Å². The topological polar surface area (TPSA) is 46.5 Å². The molecule has 16 heavy (non-hydrogen) atoms. The summed E-state index contributed by atoms with van der Waals surface area (Å²) < 4.78 is 6.31. The van der Waals surface area contributed by atoms with Crippen molar-refractivity contribution in [1.29, 1.82) is 0 Å². The van der Waals surface area contributed by atoms with Gasteiger partial charge < -0.3 is 9.84 Å². The maximum Gasteiger partial charge on any atom is 0.347 e. The van der Waals surface area contributed by atoms with E-state index < -0.39 is 11.6 Å². The Morgan fingerprint density at radius 1 is 1.38 bits per heavy atom. The van der Waals surface area contributed by atoms with Gasteiger partial charge in [-0.3, -0.25) is 0 Å². The Balaban J connectivity index is 3.11. The van der Waals surface area contributed by atoms with E-state index >= 15 is 0 Å². The minimum atomic E-state index is -1.23. The molecule has 1 rings (SSSR count). The Morgan fingerprint density at radius 3 is 2.44 bits per heavy atom. The molecule has 0 spiro atoms. The summed E-state index contributed by atoms with van der Waals surface area (Å²) in [7, 11) is 0. The highest BCUT2D eigenvalue weighted by atomic mass is 79.9. The van der Waals surface area contributed by atoms with Crippen LogP contribution in [0.25, 0.3) is 0 Å². The van der Waals surface area contributed by atoms with Crippen molar-refractivity contribution in [3.05, 3.63) is 27.7 Å². The van der Waals surface area contributed by atoms with E-state index in [1.165, 1.54) is 13.8 Å². The smallest absolute Gasteiger partial charge is 0.347 e. The number of rotatable bonds is 3. The van der Waals surface area contributed by atoms with Crippen LogP contribution in [0.15, 0.2) is 16.6 Å². The minimum Gasteiger partial charge on any atom is -0.478 e. The maximum absolute atomic E-state index is 11.0. The van der Waals surface area contributed by atoms with E-state index in [1.54, 1.807) is 0 Å². The van der Waals surface area contributed by atoms with Gasteiger partial charge in [0, 0.05) is 0 Å². The molecule has 0 heterocycles. The normalized spacial score (nSPS) is 11.3. The van der Waals surface area contributed by atoms with Crippen LogP contribution in [-0.4, -0.2) is 16.7 Å². The van der Waals surface area contributed by atoms with Crippen molar-refractivity contribution in [3.63, 3.8) is 0 Å². The van der Waals surface area contributed by atoms with Gasteiger partial charge in [0.05, 0.1) is 4.47 Å². The van der Waals surface area contributed by atoms with Crippen LogP contribution in [0.2, 0.25) is 0 Å². The monoisotopic (exact) mass is 286 g/mol. The van der Waals surface area contributed by atoms with Crippen LogP contribution >= 0.6 is 15.9 Å². The van der Waals surface area contributed by atoms with Gasteiger partial charge in [0.2, 0.25) is 0 Å². The lowest BCUT2D eigenvalue weighted by molar-refractivity contribution is -0.152. The summed E-state index contributed by atoms with van der Waals surface area (Å²) >= 11 is 3.40. The van der Waals surface area contributed by atoms with Gasteiger partial charge in [0.15, 0.2) is 5.60 Å². The second-order valence-corrected chi connectivity index (χ2v) is 5.10. The lowest BCUT2D eigenvalue weighted by Crippen LogP contribution is -2.38. The molecular weight excluding hydrogens is 272 g/mol. The van der Waals surface area contributed by atoms with Crippen LogP contribution in [0.4, 0.5) is 0 Å². The lowest BCUT2D eigenvalue weighted by atomic mass is 10.1. The first kappa shape index (κ1) is 13.0. The second-order valence-electron chi connectivity index (χ2n) is 4.31. The number of carboxylic acid groups (broad SMARTS) is 1. The Bertz CT molecular complexity index is 425. The van der Waals surface area contributed by atoms with Crippen molar-refractivity contribution in [1.82, 2.24) is 0 Å². The van der Waals surface area contributed by atoms with E-state index in [0.29, 0.717) is 5.75 Å². The van der Waals surface area contributed by atoms with E-state index in [9.17, 15) is 4.79 Å². The molecule has 4 heteroatoms. The van der Waals surface area contributed by atoms with Crippen LogP contribution < -0.4 is 4.74 Å². The van der Waals surface area contributed by atoms with E-state index in [1.807, 2.05) is 26.0 Å². The predicted octanol–water partition coefficient (Wildman–Crippen LogP) is 3.31. The van der Waals surface area contributed by atoms with Crippen molar-refractivity contribution in [2.45, 2.75) is 33.3 Å². The second kappa shape index (κ2) is 4.45. The third-order valence-corrected chi connectivity index (χ3v) is 3.26. The first-order valence-electron chi connectivity index (χ1n) is 4.93. The third-order valence-electron chi connectivity index (χ3n) is 2.25. The van der Waals surface area contributed by atoms with Gasteiger partial charge >= 0.3 is 5.97 Å². The maximum atomic E-state index is 11.0. The molecule has 0 fully saturated rings. The molecule has 0 aromatic heterocycles. The van der Waals surface area contributed by atoms with Crippen molar-refractivity contribution in [3.8, 4) is 5.75 Å². The molecule has 0 atom stereocenters. The van der Waals surface area contributed by atoms with Crippen LogP contribution in [0.1, 0.15) is 25.0 Å². The minimum absolute atomic E-state index is 0.560. The molecule has 0 unspecified atom stereocenters. The van der Waals surface area contributed by atoms with Crippen LogP contribution in [-0.2, 0) is 4.79 Å². The zero-order valence-corrected chi connectivity index (χ0v) is 11.4. The van der Waals surface area contributed by atoms with Gasteiger partial charge in [-0.15, -0.1) is 0 Å². The summed E-state index contributed by atoms with van der Waals surface area (Å²) in [6, 6.07) is 3.83. The lowest BCUT2D eigenvalue weighted by Gasteiger charge is -2.23. The van der Waals surface area contributed by atoms with Gasteiger partial charge in [0.1, 0.15) is 5.75 Å². The summed E-state index contributed by atoms with van der Waals surface area (Å²) in [6.45, 7) is 6.94. The quantitative estimate of drug-likeness (QED) is 0.927. The first-order valence-corrected chi connectivity index (χ1v) is 5.72. The number of ether oxygens (including phenoxy) is 1. The SMILES string of the molecule is Cc1cc(C)c(Br)c(OC(C)(C)C(=O)O)c1. The van der Waals surface area contributed by atoms with Gasteiger partial charge in [-0.05, 0) is 60.8 Å². The van der Waals surface area contributed by atoms with Gasteiger partial charge in [-0.25, -0.2) is 4.79 Å². The summed E-state index contributed by atoms with van der Waals surface area (Å²) in [5.41, 5.74) is 0.830. The summed E-state index contributed by atoms with van der Waals surface area (Å²) in [5, 5.41) is 8.99. The zero-order valence-electron chi connectivity index (χ0n) is 9.80. The molecular formula is C12H15BrO3. The third kappa shape index (κ3) is 2.76. The number of halogens is 1. The molecule has 0 saturated carbocycles. The summed E-state index contributed by atoms with van der Waals surface area (Å²) in [5.74, 6) is -0.427. The van der Waals surface area contributed by atoms with Crippen LogP contribution in [0, 0.1) is 13.8 Å². The van der Waals surface area contributed by atoms with Crippen LogP contribution in [0.5, 0.6) is 5.75 Å². The molecule has 1 N–H and O–H groups in total. The average Bonchev–Trinajstić information content (AvgIpc) is 2.12. The van der Waals surface area contributed by atoms with E-state index in [-0.39, 0.29) is 0 Å². The standard InChI is InChI=1S/C12H15BrO3/c1-7-5-8(2)10(13)9(6-7)16-12(3,4)11(14)15/h5-6H,1-4H3,(H,14,15). The molecule has 1 aromatic carbocycles. The van der Waals surface area contributed by atoms with Gasteiger partial charge in [-0.1, -0.05) is 6.07 Å². The van der Waals surface area contributed by atoms with Crippen molar-refractivity contribution >= 4 is 21.9 Å².